The van der Waals surface area contributed by atoms with E-state index in [-0.39, 0.29) is 29.9 Å². The lowest BCUT2D eigenvalue weighted by Gasteiger charge is -2.08. The standard InChI is InChI=1S/C12H20N2O4S/c1-8(2)13-12(15)5-6-19(16,17)7-11-9(3)14-18-10(11)4/h8H,5-7H2,1-4H3,(H,13,15). The smallest absolute Gasteiger partial charge is 0.221 e. The number of carbonyl (C=O) groups is 1. The second kappa shape index (κ2) is 6.18. The van der Waals surface area contributed by atoms with Crippen molar-refractivity contribution in [2.24, 2.45) is 0 Å². The van der Waals surface area contributed by atoms with Gasteiger partial charge in [0.2, 0.25) is 5.91 Å². The maximum Gasteiger partial charge on any atom is 0.221 e. The zero-order valence-electron chi connectivity index (χ0n) is 11.7. The fourth-order valence-corrected chi connectivity index (χ4v) is 3.14. The van der Waals surface area contributed by atoms with Crippen molar-refractivity contribution in [2.75, 3.05) is 5.75 Å². The second-order valence-electron chi connectivity index (χ2n) is 4.87. The summed E-state index contributed by atoms with van der Waals surface area (Å²) >= 11 is 0. The molecule has 1 aromatic rings. The quantitative estimate of drug-likeness (QED) is 0.847. The predicted molar refractivity (Wildman–Crippen MR) is 71.4 cm³/mol. The van der Waals surface area contributed by atoms with E-state index in [1.54, 1.807) is 13.8 Å². The Kier molecular flexibility index (Phi) is 5.11. The van der Waals surface area contributed by atoms with E-state index in [0.717, 1.165) is 0 Å². The molecule has 0 aliphatic heterocycles. The number of sulfone groups is 1. The molecule has 1 amide bonds. The van der Waals surface area contributed by atoms with Crippen LogP contribution in [0.15, 0.2) is 4.52 Å². The topological polar surface area (TPSA) is 89.3 Å². The van der Waals surface area contributed by atoms with E-state index in [9.17, 15) is 13.2 Å². The third kappa shape index (κ3) is 5.02. The molecule has 0 fully saturated rings. The highest BCUT2D eigenvalue weighted by Crippen LogP contribution is 2.16. The summed E-state index contributed by atoms with van der Waals surface area (Å²) in [5.74, 6) is -0.0521. The molecule has 0 aromatic carbocycles. The van der Waals surface area contributed by atoms with E-state index in [2.05, 4.69) is 10.5 Å². The number of nitrogens with one attached hydrogen (secondary N) is 1. The molecule has 0 radical (unpaired) electrons. The first-order chi connectivity index (χ1) is 8.71. The molecule has 0 spiro atoms. The Labute approximate surface area is 113 Å². The van der Waals surface area contributed by atoms with Gasteiger partial charge in [0.05, 0.1) is 17.2 Å². The molecule has 1 aromatic heterocycles. The number of amides is 1. The van der Waals surface area contributed by atoms with Crippen LogP contribution in [0.25, 0.3) is 0 Å². The Morgan fingerprint density at radius 2 is 2.00 bits per heavy atom. The summed E-state index contributed by atoms with van der Waals surface area (Å²) in [6.07, 6.45) is -0.0239. The molecular formula is C12H20N2O4S. The van der Waals surface area contributed by atoms with Crippen LogP contribution in [0.4, 0.5) is 0 Å². The number of rotatable bonds is 6. The zero-order valence-corrected chi connectivity index (χ0v) is 12.5. The van der Waals surface area contributed by atoms with Gasteiger partial charge in [0.1, 0.15) is 5.76 Å². The number of aromatic nitrogens is 1. The first-order valence-electron chi connectivity index (χ1n) is 6.13. The van der Waals surface area contributed by atoms with Crippen LogP contribution in [-0.2, 0) is 20.4 Å². The number of aryl methyl sites for hydroxylation is 2. The van der Waals surface area contributed by atoms with Crippen LogP contribution >= 0.6 is 0 Å². The minimum atomic E-state index is -3.34. The van der Waals surface area contributed by atoms with Crippen molar-refractivity contribution in [1.82, 2.24) is 10.5 Å². The maximum absolute atomic E-state index is 11.9. The minimum Gasteiger partial charge on any atom is -0.361 e. The van der Waals surface area contributed by atoms with Gasteiger partial charge in [-0.2, -0.15) is 0 Å². The first kappa shape index (κ1) is 15.7. The molecule has 19 heavy (non-hydrogen) atoms. The monoisotopic (exact) mass is 288 g/mol. The maximum atomic E-state index is 11.9. The Bertz CT molecular complexity index is 527. The molecule has 6 nitrogen and oxygen atoms in total. The van der Waals surface area contributed by atoms with Gasteiger partial charge >= 0.3 is 0 Å². The van der Waals surface area contributed by atoms with E-state index in [4.69, 9.17) is 4.52 Å². The summed E-state index contributed by atoms with van der Waals surface area (Å²) < 4.78 is 28.8. The highest BCUT2D eigenvalue weighted by atomic mass is 32.2. The SMILES string of the molecule is Cc1noc(C)c1CS(=O)(=O)CCC(=O)NC(C)C. The fourth-order valence-electron chi connectivity index (χ4n) is 1.64. The minimum absolute atomic E-state index is 0.0118. The van der Waals surface area contributed by atoms with Gasteiger partial charge in [0.25, 0.3) is 0 Å². The average Bonchev–Trinajstić information content (AvgIpc) is 2.57. The van der Waals surface area contributed by atoms with E-state index >= 15 is 0 Å². The van der Waals surface area contributed by atoms with E-state index in [1.165, 1.54) is 0 Å². The Balaban J connectivity index is 2.61. The van der Waals surface area contributed by atoms with E-state index in [0.29, 0.717) is 17.0 Å². The normalized spacial score (nSPS) is 11.8. The number of nitrogens with zero attached hydrogens (tertiary/aromatic N) is 1. The highest BCUT2D eigenvalue weighted by molar-refractivity contribution is 7.90. The van der Waals surface area contributed by atoms with Gasteiger partial charge in [-0.3, -0.25) is 4.79 Å². The van der Waals surface area contributed by atoms with Gasteiger partial charge in [0, 0.05) is 18.0 Å². The molecule has 1 heterocycles. The average molecular weight is 288 g/mol. The predicted octanol–water partition coefficient (Wildman–Crippen LogP) is 1.12. The molecule has 0 aliphatic carbocycles. The van der Waals surface area contributed by atoms with Crippen LogP contribution in [0, 0.1) is 13.8 Å². The molecule has 1 N–H and O–H groups in total. The van der Waals surface area contributed by atoms with Crippen molar-refractivity contribution in [3.8, 4) is 0 Å². The molecule has 0 bridgehead atoms. The van der Waals surface area contributed by atoms with Crippen molar-refractivity contribution in [1.29, 1.82) is 0 Å². The fraction of sp³-hybridized carbons (Fsp3) is 0.667. The van der Waals surface area contributed by atoms with Gasteiger partial charge in [-0.1, -0.05) is 5.16 Å². The lowest BCUT2D eigenvalue weighted by Crippen LogP contribution is -2.31. The third-order valence-corrected chi connectivity index (χ3v) is 4.19. The molecule has 0 aliphatic rings. The van der Waals surface area contributed by atoms with E-state index in [1.807, 2.05) is 13.8 Å². The van der Waals surface area contributed by atoms with Gasteiger partial charge in [0.15, 0.2) is 9.84 Å². The van der Waals surface area contributed by atoms with Crippen LogP contribution in [-0.4, -0.2) is 31.3 Å². The zero-order chi connectivity index (χ0) is 14.6. The Hall–Kier alpha value is -1.37. The lowest BCUT2D eigenvalue weighted by molar-refractivity contribution is -0.121. The van der Waals surface area contributed by atoms with Crippen molar-refractivity contribution in [2.45, 2.75) is 45.9 Å². The summed E-state index contributed by atoms with van der Waals surface area (Å²) in [6, 6.07) is 0.0118. The molecule has 0 unspecified atom stereocenters. The third-order valence-electron chi connectivity index (χ3n) is 2.64. The van der Waals surface area contributed by atoms with Crippen LogP contribution in [0.2, 0.25) is 0 Å². The Morgan fingerprint density at radius 3 is 2.47 bits per heavy atom. The molecule has 1 rings (SSSR count). The van der Waals surface area contributed by atoms with Crippen molar-refractivity contribution < 1.29 is 17.7 Å². The first-order valence-corrected chi connectivity index (χ1v) is 7.95. The molecule has 0 atom stereocenters. The molecular weight excluding hydrogens is 268 g/mol. The van der Waals surface area contributed by atoms with Gasteiger partial charge in [-0.05, 0) is 27.7 Å². The number of hydrogen-bond donors (Lipinski definition) is 1. The molecule has 0 saturated heterocycles. The van der Waals surface area contributed by atoms with Crippen LogP contribution < -0.4 is 5.32 Å². The molecule has 108 valence electrons. The van der Waals surface area contributed by atoms with Crippen molar-refractivity contribution in [3.63, 3.8) is 0 Å². The molecule has 0 saturated carbocycles. The number of hydrogen-bond acceptors (Lipinski definition) is 5. The summed E-state index contributed by atoms with van der Waals surface area (Å²) in [7, 11) is -3.34. The summed E-state index contributed by atoms with van der Waals surface area (Å²) in [5.41, 5.74) is 1.16. The highest BCUT2D eigenvalue weighted by Gasteiger charge is 2.19. The van der Waals surface area contributed by atoms with Crippen LogP contribution in [0.3, 0.4) is 0 Å². The summed E-state index contributed by atoms with van der Waals surface area (Å²) in [6.45, 7) is 7.04. The van der Waals surface area contributed by atoms with Gasteiger partial charge in [-0.15, -0.1) is 0 Å². The van der Waals surface area contributed by atoms with Crippen molar-refractivity contribution >= 4 is 15.7 Å². The molecule has 7 heteroatoms. The van der Waals surface area contributed by atoms with Crippen LogP contribution in [0.5, 0.6) is 0 Å². The second-order valence-corrected chi connectivity index (χ2v) is 7.05. The largest absolute Gasteiger partial charge is 0.361 e. The van der Waals surface area contributed by atoms with Gasteiger partial charge < -0.3 is 9.84 Å². The summed E-state index contributed by atoms with van der Waals surface area (Å²) in [4.78, 5) is 11.4. The van der Waals surface area contributed by atoms with E-state index < -0.39 is 9.84 Å². The number of carbonyl (C=O) groups excluding carboxylic acids is 1. The lowest BCUT2D eigenvalue weighted by atomic mass is 10.2. The Morgan fingerprint density at radius 1 is 1.37 bits per heavy atom. The summed E-state index contributed by atoms with van der Waals surface area (Å²) in [5, 5.41) is 6.38. The van der Waals surface area contributed by atoms with Gasteiger partial charge in [-0.25, -0.2) is 8.42 Å². The van der Waals surface area contributed by atoms with Crippen molar-refractivity contribution in [3.05, 3.63) is 17.0 Å². The van der Waals surface area contributed by atoms with Crippen LogP contribution in [0.1, 0.15) is 37.3 Å².